The third-order valence-electron chi connectivity index (χ3n) is 6.69. The number of benzene rings is 1. The minimum atomic E-state index is -0.217. The van der Waals surface area contributed by atoms with Gasteiger partial charge in [0.2, 0.25) is 0 Å². The van der Waals surface area contributed by atoms with Crippen molar-refractivity contribution in [3.63, 3.8) is 0 Å². The van der Waals surface area contributed by atoms with Crippen molar-refractivity contribution in [1.82, 2.24) is 10.3 Å². The molecule has 2 N–H and O–H groups in total. The van der Waals surface area contributed by atoms with Gasteiger partial charge in [-0.2, -0.15) is 0 Å². The number of hydrogen-bond donors (Lipinski definition) is 2. The van der Waals surface area contributed by atoms with E-state index in [2.05, 4.69) is 40.4 Å². The fourth-order valence-corrected chi connectivity index (χ4v) is 5.24. The number of nitrogens with one attached hydrogen (secondary N) is 2. The number of piperidine rings is 1. The lowest BCUT2D eigenvalue weighted by atomic mass is 9.74. The van der Waals surface area contributed by atoms with Crippen molar-refractivity contribution in [2.24, 2.45) is 11.8 Å². The summed E-state index contributed by atoms with van der Waals surface area (Å²) in [4.78, 5) is 7.04. The lowest BCUT2D eigenvalue weighted by molar-refractivity contribution is 0.0515. The maximum absolute atomic E-state index is 13.4. The largest absolute Gasteiger partial charge is 0.381 e. The van der Waals surface area contributed by atoms with Crippen LogP contribution >= 0.6 is 12.2 Å². The summed E-state index contributed by atoms with van der Waals surface area (Å²) in [5, 5.41) is 7.19. The monoisotopic (exact) mass is 456 g/mol. The highest BCUT2D eigenvalue weighted by Crippen LogP contribution is 2.34. The Bertz CT molecular complexity index is 889. The molecule has 4 rings (SSSR count). The predicted octanol–water partition coefficient (Wildman–Crippen LogP) is 4.74. The molecule has 2 aliphatic heterocycles. The Morgan fingerprint density at radius 2 is 1.81 bits per heavy atom. The molecular weight excluding hydrogens is 423 g/mol. The van der Waals surface area contributed by atoms with Gasteiger partial charge in [0.25, 0.3) is 0 Å². The van der Waals surface area contributed by atoms with E-state index in [9.17, 15) is 4.39 Å². The number of pyridine rings is 1. The maximum atomic E-state index is 13.4. The number of hydrogen-bond acceptors (Lipinski definition) is 4. The van der Waals surface area contributed by atoms with E-state index in [4.69, 9.17) is 17.0 Å². The van der Waals surface area contributed by atoms with Crippen molar-refractivity contribution in [3.8, 4) is 0 Å². The molecular formula is C25H33FN4OS. The lowest BCUT2D eigenvalue weighted by Gasteiger charge is -2.38. The van der Waals surface area contributed by atoms with E-state index < -0.39 is 0 Å². The van der Waals surface area contributed by atoms with E-state index in [1.54, 1.807) is 0 Å². The van der Waals surface area contributed by atoms with E-state index in [1.807, 2.05) is 24.4 Å². The molecule has 2 aromatic rings. The Labute approximate surface area is 195 Å². The van der Waals surface area contributed by atoms with Crippen LogP contribution in [0.15, 0.2) is 42.6 Å². The molecule has 0 amide bonds. The Morgan fingerprint density at radius 1 is 1.12 bits per heavy atom. The highest BCUT2D eigenvalue weighted by atomic mass is 32.1. The van der Waals surface area contributed by atoms with Crippen LogP contribution in [0, 0.1) is 17.7 Å². The van der Waals surface area contributed by atoms with Gasteiger partial charge in [0.1, 0.15) is 11.6 Å². The molecule has 7 heteroatoms. The molecule has 2 fully saturated rings. The standard InChI is InChI=1S/C25H33FN4OS/c1-18-13-19(2)16-30(15-18)23-8-7-22(14-27-23)29-24(32)28-17-25(9-11-31-12-10-25)20-3-5-21(26)6-4-20/h3-8,14,18-19H,9-13,15-17H2,1-2H3,(H2,28,29,32)/t18-,19+. The summed E-state index contributed by atoms with van der Waals surface area (Å²) in [7, 11) is 0. The summed E-state index contributed by atoms with van der Waals surface area (Å²) in [6, 6.07) is 10.9. The van der Waals surface area contributed by atoms with Gasteiger partial charge in [0, 0.05) is 38.3 Å². The quantitative estimate of drug-likeness (QED) is 0.634. The van der Waals surface area contributed by atoms with Crippen molar-refractivity contribution in [2.45, 2.75) is 38.5 Å². The zero-order valence-electron chi connectivity index (χ0n) is 18.9. The van der Waals surface area contributed by atoms with Crippen LogP contribution in [0.1, 0.15) is 38.7 Å². The number of halogens is 1. The lowest BCUT2D eigenvalue weighted by Crippen LogP contribution is -2.45. The van der Waals surface area contributed by atoms with E-state index in [0.717, 1.165) is 43.0 Å². The molecule has 172 valence electrons. The number of rotatable bonds is 5. The van der Waals surface area contributed by atoms with E-state index in [-0.39, 0.29) is 11.2 Å². The number of anilines is 2. The second-order valence-electron chi connectivity index (χ2n) is 9.46. The molecule has 0 saturated carbocycles. The van der Waals surface area contributed by atoms with Crippen LogP contribution in [0.2, 0.25) is 0 Å². The molecule has 0 radical (unpaired) electrons. The molecule has 0 bridgehead atoms. The van der Waals surface area contributed by atoms with Crippen LogP contribution < -0.4 is 15.5 Å². The van der Waals surface area contributed by atoms with E-state index in [0.29, 0.717) is 36.7 Å². The first-order chi connectivity index (χ1) is 15.4. The molecule has 32 heavy (non-hydrogen) atoms. The fraction of sp³-hybridized carbons (Fsp3) is 0.520. The van der Waals surface area contributed by atoms with Gasteiger partial charge >= 0.3 is 0 Å². The van der Waals surface area contributed by atoms with Gasteiger partial charge in [-0.25, -0.2) is 9.37 Å². The summed E-state index contributed by atoms with van der Waals surface area (Å²) in [5.41, 5.74) is 1.86. The summed E-state index contributed by atoms with van der Waals surface area (Å²) < 4.78 is 19.0. The third kappa shape index (κ3) is 5.56. The number of nitrogens with zero attached hydrogens (tertiary/aromatic N) is 2. The summed E-state index contributed by atoms with van der Waals surface area (Å²) >= 11 is 5.56. The molecule has 0 aliphatic carbocycles. The molecule has 2 atom stereocenters. The number of thiocarbonyl (C=S) groups is 1. The molecule has 5 nitrogen and oxygen atoms in total. The molecule has 0 spiro atoms. The topological polar surface area (TPSA) is 49.4 Å². The van der Waals surface area contributed by atoms with Gasteiger partial charge in [-0.05, 0) is 73.1 Å². The second-order valence-corrected chi connectivity index (χ2v) is 9.87. The highest BCUT2D eigenvalue weighted by Gasteiger charge is 2.34. The van der Waals surface area contributed by atoms with Crippen LogP contribution in [-0.2, 0) is 10.2 Å². The summed E-state index contributed by atoms with van der Waals surface area (Å²) in [6.45, 7) is 8.78. The Morgan fingerprint density at radius 3 is 2.44 bits per heavy atom. The smallest absolute Gasteiger partial charge is 0.170 e. The van der Waals surface area contributed by atoms with Crippen LogP contribution in [-0.4, -0.2) is 42.9 Å². The summed E-state index contributed by atoms with van der Waals surface area (Å²) in [5.74, 6) is 2.18. The van der Waals surface area contributed by atoms with Crippen molar-refractivity contribution in [3.05, 3.63) is 54.0 Å². The minimum Gasteiger partial charge on any atom is -0.381 e. The van der Waals surface area contributed by atoms with Crippen LogP contribution in [0.3, 0.4) is 0 Å². The van der Waals surface area contributed by atoms with Crippen molar-refractivity contribution < 1.29 is 9.13 Å². The third-order valence-corrected chi connectivity index (χ3v) is 6.94. The van der Waals surface area contributed by atoms with Gasteiger partial charge in [-0.3, -0.25) is 0 Å². The van der Waals surface area contributed by atoms with Gasteiger partial charge in [-0.1, -0.05) is 26.0 Å². The number of aromatic nitrogens is 1. The maximum Gasteiger partial charge on any atom is 0.170 e. The van der Waals surface area contributed by atoms with Gasteiger partial charge in [0.15, 0.2) is 5.11 Å². The Kier molecular flexibility index (Phi) is 7.26. The van der Waals surface area contributed by atoms with Crippen molar-refractivity contribution in [1.29, 1.82) is 0 Å². The summed E-state index contributed by atoms with van der Waals surface area (Å²) in [6.07, 6.45) is 4.87. The first kappa shape index (κ1) is 22.9. The Balaban J connectivity index is 1.36. The number of ether oxygens (including phenoxy) is 1. The average Bonchev–Trinajstić information content (AvgIpc) is 2.79. The minimum absolute atomic E-state index is 0.124. The first-order valence-electron chi connectivity index (χ1n) is 11.5. The molecule has 3 heterocycles. The van der Waals surface area contributed by atoms with Crippen molar-refractivity contribution >= 4 is 28.8 Å². The van der Waals surface area contributed by atoms with E-state index >= 15 is 0 Å². The average molecular weight is 457 g/mol. The van der Waals surface area contributed by atoms with Crippen LogP contribution in [0.5, 0.6) is 0 Å². The second kappa shape index (κ2) is 10.1. The molecule has 0 unspecified atom stereocenters. The Hall–Kier alpha value is -2.25. The van der Waals surface area contributed by atoms with Crippen LogP contribution in [0.25, 0.3) is 0 Å². The molecule has 1 aromatic carbocycles. The highest BCUT2D eigenvalue weighted by molar-refractivity contribution is 7.80. The fourth-order valence-electron chi connectivity index (χ4n) is 5.05. The van der Waals surface area contributed by atoms with Gasteiger partial charge in [-0.15, -0.1) is 0 Å². The zero-order chi connectivity index (χ0) is 22.6. The molecule has 2 saturated heterocycles. The zero-order valence-corrected chi connectivity index (χ0v) is 19.8. The van der Waals surface area contributed by atoms with Crippen molar-refractivity contribution in [2.75, 3.05) is 43.1 Å². The van der Waals surface area contributed by atoms with Gasteiger partial charge in [0.05, 0.1) is 11.9 Å². The molecule has 1 aromatic heterocycles. The van der Waals surface area contributed by atoms with E-state index in [1.165, 1.54) is 18.6 Å². The SMILES string of the molecule is C[C@@H]1C[C@H](C)CN(c2ccc(NC(=S)NCC3(c4ccc(F)cc4)CCOCC3)cn2)C1. The normalized spacial score (nSPS) is 22.9. The first-order valence-corrected chi connectivity index (χ1v) is 11.9. The van der Waals surface area contributed by atoms with Gasteiger partial charge < -0.3 is 20.3 Å². The van der Waals surface area contributed by atoms with Crippen LogP contribution in [0.4, 0.5) is 15.9 Å². The predicted molar refractivity (Wildman–Crippen MR) is 132 cm³/mol. The molecule has 2 aliphatic rings.